The summed E-state index contributed by atoms with van der Waals surface area (Å²) in [4.78, 5) is 3.34. The first-order valence-electron chi connectivity index (χ1n) is 6.24. The number of aromatic amines is 1. The fourth-order valence-electron chi connectivity index (χ4n) is 2.95. The number of rotatable bonds is 2. The summed E-state index contributed by atoms with van der Waals surface area (Å²) in [5.74, 6) is 0. The van der Waals surface area contributed by atoms with Crippen LogP contribution in [-0.4, -0.2) is 12.0 Å². The lowest BCUT2D eigenvalue weighted by molar-refractivity contribution is 0.313. The molecular formula is C15H18N2. The topological polar surface area (TPSA) is 27.8 Å². The van der Waals surface area contributed by atoms with Gasteiger partial charge in [0.1, 0.15) is 0 Å². The zero-order valence-electron chi connectivity index (χ0n) is 10.2. The van der Waals surface area contributed by atoms with E-state index in [0.29, 0.717) is 0 Å². The molecule has 1 atom stereocenters. The molecule has 0 radical (unpaired) electrons. The van der Waals surface area contributed by atoms with Crippen LogP contribution in [0.4, 0.5) is 0 Å². The third kappa shape index (κ3) is 1.69. The Morgan fingerprint density at radius 1 is 1.18 bits per heavy atom. The Balaban J connectivity index is 2.01. The Bertz CT molecular complexity index is 501. The van der Waals surface area contributed by atoms with Gasteiger partial charge in [-0.15, -0.1) is 0 Å². The molecule has 1 aromatic heterocycles. The van der Waals surface area contributed by atoms with Gasteiger partial charge in [0.25, 0.3) is 0 Å². The van der Waals surface area contributed by atoms with Gasteiger partial charge >= 0.3 is 0 Å². The predicted octanol–water partition coefficient (Wildman–Crippen LogP) is 2.62. The molecule has 2 N–H and O–H groups in total. The zero-order chi connectivity index (χ0) is 11.7. The zero-order valence-corrected chi connectivity index (χ0v) is 10.2. The van der Waals surface area contributed by atoms with Crippen molar-refractivity contribution >= 4 is 0 Å². The van der Waals surface area contributed by atoms with Crippen molar-refractivity contribution in [2.24, 2.45) is 0 Å². The van der Waals surface area contributed by atoms with Crippen LogP contribution in [-0.2, 0) is 18.4 Å². The minimum atomic E-state index is 0.108. The summed E-state index contributed by atoms with van der Waals surface area (Å²) in [6, 6.07) is 13.0. The molecule has 1 aliphatic carbocycles. The highest BCUT2D eigenvalue weighted by atomic mass is 14.9. The molecule has 0 saturated heterocycles. The van der Waals surface area contributed by atoms with Crippen LogP contribution >= 0.6 is 0 Å². The molecule has 2 heteroatoms. The van der Waals surface area contributed by atoms with Gasteiger partial charge in [-0.1, -0.05) is 30.3 Å². The summed E-state index contributed by atoms with van der Waals surface area (Å²) in [7, 11) is 2.07. The van der Waals surface area contributed by atoms with Crippen LogP contribution < -0.4 is 5.32 Å². The molecule has 1 unspecified atom stereocenters. The fraction of sp³-hybridized carbons (Fsp3) is 0.333. The first kappa shape index (κ1) is 10.6. The highest BCUT2D eigenvalue weighted by molar-refractivity contribution is 5.34. The Kier molecular flexibility index (Phi) is 2.52. The smallest absolute Gasteiger partial charge is 0.0477 e. The lowest BCUT2D eigenvalue weighted by Gasteiger charge is -2.37. The number of likely N-dealkylation sites (N-methyl/N-ethyl adjacent to an activating group) is 1. The summed E-state index contributed by atoms with van der Waals surface area (Å²) < 4.78 is 0. The van der Waals surface area contributed by atoms with Crippen LogP contribution in [0, 0.1) is 0 Å². The van der Waals surface area contributed by atoms with Crippen LogP contribution in [0.5, 0.6) is 0 Å². The summed E-state index contributed by atoms with van der Waals surface area (Å²) in [5, 5.41) is 3.55. The van der Waals surface area contributed by atoms with E-state index < -0.39 is 0 Å². The van der Waals surface area contributed by atoms with Crippen LogP contribution in [0.2, 0.25) is 0 Å². The number of nitrogens with one attached hydrogen (secondary N) is 2. The Hall–Kier alpha value is -1.54. The van der Waals surface area contributed by atoms with Gasteiger partial charge in [0.2, 0.25) is 0 Å². The summed E-state index contributed by atoms with van der Waals surface area (Å²) >= 11 is 0. The third-order valence-corrected chi connectivity index (χ3v) is 4.03. The van der Waals surface area contributed by atoms with Gasteiger partial charge in [-0.25, -0.2) is 0 Å². The van der Waals surface area contributed by atoms with Crippen molar-refractivity contribution in [3.63, 3.8) is 0 Å². The molecule has 2 aromatic rings. The molecule has 0 fully saturated rings. The molecule has 0 bridgehead atoms. The van der Waals surface area contributed by atoms with Gasteiger partial charge in [-0.2, -0.15) is 0 Å². The number of H-pyrrole nitrogens is 1. The van der Waals surface area contributed by atoms with Crippen molar-refractivity contribution in [1.29, 1.82) is 0 Å². The molecule has 0 amide bonds. The van der Waals surface area contributed by atoms with E-state index in [2.05, 4.69) is 59.9 Å². The molecule has 3 rings (SSSR count). The van der Waals surface area contributed by atoms with Crippen molar-refractivity contribution in [2.75, 3.05) is 7.05 Å². The Morgan fingerprint density at radius 2 is 2.00 bits per heavy atom. The summed E-state index contributed by atoms with van der Waals surface area (Å²) in [6.45, 7) is 0. The molecule has 1 aliphatic rings. The van der Waals surface area contributed by atoms with E-state index in [1.807, 2.05) is 0 Å². The lowest BCUT2D eigenvalue weighted by Crippen LogP contribution is -2.44. The third-order valence-electron chi connectivity index (χ3n) is 4.03. The fourth-order valence-corrected chi connectivity index (χ4v) is 2.95. The monoisotopic (exact) mass is 226 g/mol. The SMILES string of the molecule is CNC1(c2ccccc2)CCc2[nH]ccc2C1. The molecule has 1 aromatic carbocycles. The van der Waals surface area contributed by atoms with Gasteiger partial charge in [0.15, 0.2) is 0 Å². The van der Waals surface area contributed by atoms with E-state index >= 15 is 0 Å². The Labute approximate surface area is 102 Å². The number of aromatic nitrogens is 1. The van der Waals surface area contributed by atoms with Crippen molar-refractivity contribution in [3.05, 3.63) is 59.4 Å². The largest absolute Gasteiger partial charge is 0.365 e. The van der Waals surface area contributed by atoms with Gasteiger partial charge < -0.3 is 10.3 Å². The average Bonchev–Trinajstić information content (AvgIpc) is 2.86. The Morgan fingerprint density at radius 3 is 2.76 bits per heavy atom. The van der Waals surface area contributed by atoms with E-state index in [9.17, 15) is 0 Å². The van der Waals surface area contributed by atoms with E-state index in [1.54, 1.807) is 0 Å². The van der Waals surface area contributed by atoms with E-state index in [1.165, 1.54) is 16.8 Å². The maximum atomic E-state index is 3.55. The normalized spacial score (nSPS) is 23.4. The van der Waals surface area contributed by atoms with Crippen molar-refractivity contribution < 1.29 is 0 Å². The van der Waals surface area contributed by atoms with Crippen LogP contribution in [0.1, 0.15) is 23.2 Å². The average molecular weight is 226 g/mol. The van der Waals surface area contributed by atoms with Gasteiger partial charge in [0.05, 0.1) is 0 Å². The van der Waals surface area contributed by atoms with Crippen LogP contribution in [0.3, 0.4) is 0 Å². The molecule has 1 heterocycles. The highest BCUT2D eigenvalue weighted by Crippen LogP contribution is 2.35. The van der Waals surface area contributed by atoms with E-state index in [0.717, 1.165) is 19.3 Å². The van der Waals surface area contributed by atoms with Gasteiger partial charge in [0, 0.05) is 17.4 Å². The van der Waals surface area contributed by atoms with Gasteiger partial charge in [-0.3, -0.25) is 0 Å². The number of hydrogen-bond donors (Lipinski definition) is 2. The van der Waals surface area contributed by atoms with E-state index in [4.69, 9.17) is 0 Å². The number of fused-ring (bicyclic) bond motifs is 1. The first-order chi connectivity index (χ1) is 8.34. The minimum absolute atomic E-state index is 0.108. The molecule has 17 heavy (non-hydrogen) atoms. The minimum Gasteiger partial charge on any atom is -0.365 e. The lowest BCUT2D eigenvalue weighted by atomic mass is 9.76. The number of benzene rings is 1. The quantitative estimate of drug-likeness (QED) is 0.809. The molecular weight excluding hydrogens is 208 g/mol. The molecule has 88 valence electrons. The van der Waals surface area contributed by atoms with Crippen molar-refractivity contribution in [3.8, 4) is 0 Å². The van der Waals surface area contributed by atoms with Gasteiger partial charge in [-0.05, 0) is 43.5 Å². The highest BCUT2D eigenvalue weighted by Gasteiger charge is 2.34. The maximum Gasteiger partial charge on any atom is 0.0477 e. The molecule has 0 saturated carbocycles. The standard InChI is InChI=1S/C15H18N2/c1-16-15(13-5-3-2-4-6-13)9-7-14-12(11-15)8-10-17-14/h2-6,8,10,16-17H,7,9,11H2,1H3. The van der Waals surface area contributed by atoms with Crippen LogP contribution in [0.25, 0.3) is 0 Å². The summed E-state index contributed by atoms with van der Waals surface area (Å²) in [5.41, 5.74) is 4.37. The second kappa shape index (κ2) is 4.04. The van der Waals surface area contributed by atoms with E-state index in [-0.39, 0.29) is 5.54 Å². The number of aryl methyl sites for hydroxylation is 1. The maximum absolute atomic E-state index is 3.55. The molecule has 0 aliphatic heterocycles. The van der Waals surface area contributed by atoms with Crippen molar-refractivity contribution in [2.45, 2.75) is 24.8 Å². The predicted molar refractivity (Wildman–Crippen MR) is 70.0 cm³/mol. The number of hydrogen-bond acceptors (Lipinski definition) is 1. The molecule has 0 spiro atoms. The second-order valence-corrected chi connectivity index (χ2v) is 4.86. The molecule has 2 nitrogen and oxygen atoms in total. The summed E-state index contributed by atoms with van der Waals surface area (Å²) in [6.07, 6.45) is 5.41. The van der Waals surface area contributed by atoms with Crippen molar-refractivity contribution in [1.82, 2.24) is 10.3 Å². The first-order valence-corrected chi connectivity index (χ1v) is 6.24. The van der Waals surface area contributed by atoms with Crippen LogP contribution in [0.15, 0.2) is 42.6 Å². The second-order valence-electron chi connectivity index (χ2n) is 4.86.